The summed E-state index contributed by atoms with van der Waals surface area (Å²) in [4.78, 5) is 0. The lowest BCUT2D eigenvalue weighted by Crippen LogP contribution is -1.95. The maximum absolute atomic E-state index is 5.45. The van der Waals surface area contributed by atoms with E-state index < -0.39 is 0 Å². The van der Waals surface area contributed by atoms with E-state index in [-0.39, 0.29) is 0 Å². The number of rotatable bonds is 12. The summed E-state index contributed by atoms with van der Waals surface area (Å²) in [5, 5.41) is 0. The van der Waals surface area contributed by atoms with Crippen LogP contribution in [0.3, 0.4) is 0 Å². The fourth-order valence-electron chi connectivity index (χ4n) is 4.41. The Labute approximate surface area is 248 Å². The third-order valence-electron chi connectivity index (χ3n) is 6.65. The first-order chi connectivity index (χ1) is 20.5. The Morgan fingerprint density at radius 3 is 0.714 bits per heavy atom. The molecule has 0 aliphatic heterocycles. The van der Waals surface area contributed by atoms with E-state index in [0.717, 1.165) is 33.4 Å². The molecule has 0 bridgehead atoms. The third kappa shape index (κ3) is 7.34. The van der Waals surface area contributed by atoms with Crippen LogP contribution in [0.5, 0.6) is 34.5 Å². The summed E-state index contributed by atoms with van der Waals surface area (Å²) in [7, 11) is 9.65. The second-order valence-corrected chi connectivity index (χ2v) is 9.25. The molecular formula is C36H36O6. The summed E-state index contributed by atoms with van der Waals surface area (Å²) < 4.78 is 32.6. The van der Waals surface area contributed by atoms with Gasteiger partial charge < -0.3 is 28.4 Å². The number of hydrogen-bond donors (Lipinski definition) is 0. The quantitative estimate of drug-likeness (QED) is 0.162. The maximum atomic E-state index is 5.45. The van der Waals surface area contributed by atoms with Gasteiger partial charge in [0.1, 0.15) is 0 Å². The van der Waals surface area contributed by atoms with E-state index in [2.05, 4.69) is 72.8 Å². The van der Waals surface area contributed by atoms with Crippen LogP contribution in [0.15, 0.2) is 72.8 Å². The topological polar surface area (TPSA) is 55.4 Å². The van der Waals surface area contributed by atoms with E-state index >= 15 is 0 Å². The summed E-state index contributed by atoms with van der Waals surface area (Å²) in [5.41, 5.74) is 6.32. The molecule has 0 unspecified atom stereocenters. The Bertz CT molecular complexity index is 1400. The molecule has 0 saturated heterocycles. The van der Waals surface area contributed by atoms with Gasteiger partial charge >= 0.3 is 0 Å². The zero-order chi connectivity index (χ0) is 29.9. The van der Waals surface area contributed by atoms with E-state index in [1.165, 1.54) is 0 Å². The minimum Gasteiger partial charge on any atom is -0.493 e. The summed E-state index contributed by atoms with van der Waals surface area (Å²) in [6, 6.07) is 24.4. The molecule has 0 aromatic heterocycles. The van der Waals surface area contributed by atoms with Crippen molar-refractivity contribution >= 4 is 36.5 Å². The highest BCUT2D eigenvalue weighted by Crippen LogP contribution is 2.39. The van der Waals surface area contributed by atoms with Gasteiger partial charge in [-0.2, -0.15) is 0 Å². The van der Waals surface area contributed by atoms with E-state index in [1.807, 2.05) is 36.4 Å². The van der Waals surface area contributed by atoms with Crippen molar-refractivity contribution in [3.63, 3.8) is 0 Å². The minimum absolute atomic E-state index is 0.579. The lowest BCUT2D eigenvalue weighted by Gasteiger charge is -2.12. The second-order valence-electron chi connectivity index (χ2n) is 9.25. The van der Waals surface area contributed by atoms with Crippen LogP contribution in [-0.2, 0) is 0 Å². The van der Waals surface area contributed by atoms with E-state index in [1.54, 1.807) is 42.7 Å². The molecule has 6 nitrogen and oxygen atoms in total. The molecule has 6 heteroatoms. The fraction of sp³-hybridized carbons (Fsp3) is 0.167. The fourth-order valence-corrected chi connectivity index (χ4v) is 4.41. The van der Waals surface area contributed by atoms with Gasteiger partial charge in [0.25, 0.3) is 0 Å². The van der Waals surface area contributed by atoms with Gasteiger partial charge in [0.15, 0.2) is 23.0 Å². The monoisotopic (exact) mass is 564 g/mol. The standard InChI is InChI=1S/C36H36O6/c1-37-31-21-29(22-32(38-2)35(31)41-5)19-17-27-13-9-25(10-14-27)7-8-26-11-15-28(16-12-26)18-20-30-23-33(39-3)36(42-6)34(24-30)40-4/h7-24H,1-6H3/b8-7+,19-17+,20-18+. The van der Waals surface area contributed by atoms with Crippen molar-refractivity contribution in [1.82, 2.24) is 0 Å². The largest absolute Gasteiger partial charge is 0.493 e. The molecule has 4 aromatic carbocycles. The van der Waals surface area contributed by atoms with Gasteiger partial charge in [-0.15, -0.1) is 0 Å². The normalized spacial score (nSPS) is 11.3. The molecule has 42 heavy (non-hydrogen) atoms. The molecule has 0 atom stereocenters. The highest BCUT2D eigenvalue weighted by Gasteiger charge is 2.13. The Hall–Kier alpha value is -5.10. The highest BCUT2D eigenvalue weighted by atomic mass is 16.5. The first kappa shape index (κ1) is 29.9. The van der Waals surface area contributed by atoms with Gasteiger partial charge in [-0.25, -0.2) is 0 Å². The predicted octanol–water partition coefficient (Wildman–Crippen LogP) is 8.25. The van der Waals surface area contributed by atoms with Crippen LogP contribution in [-0.4, -0.2) is 42.7 Å². The number of benzene rings is 4. The lowest BCUT2D eigenvalue weighted by molar-refractivity contribution is 0.324. The maximum Gasteiger partial charge on any atom is 0.203 e. The van der Waals surface area contributed by atoms with Crippen molar-refractivity contribution in [3.8, 4) is 34.5 Å². The van der Waals surface area contributed by atoms with Crippen molar-refractivity contribution in [3.05, 3.63) is 106 Å². The molecule has 216 valence electrons. The molecule has 0 saturated carbocycles. The molecular weight excluding hydrogens is 528 g/mol. The predicted molar refractivity (Wildman–Crippen MR) is 172 cm³/mol. The average Bonchev–Trinajstić information content (AvgIpc) is 3.05. The molecule has 0 amide bonds. The molecule has 0 N–H and O–H groups in total. The Morgan fingerprint density at radius 2 is 0.524 bits per heavy atom. The van der Waals surface area contributed by atoms with Crippen molar-refractivity contribution in [2.45, 2.75) is 0 Å². The molecule has 0 heterocycles. The first-order valence-electron chi connectivity index (χ1n) is 13.4. The van der Waals surface area contributed by atoms with Gasteiger partial charge in [0.05, 0.1) is 42.7 Å². The molecule has 0 aliphatic rings. The summed E-state index contributed by atoms with van der Waals surface area (Å²) >= 11 is 0. The molecule has 4 aromatic rings. The van der Waals surface area contributed by atoms with E-state index in [4.69, 9.17) is 28.4 Å². The van der Waals surface area contributed by atoms with Crippen LogP contribution in [0.1, 0.15) is 33.4 Å². The van der Waals surface area contributed by atoms with Gasteiger partial charge in [0, 0.05) is 0 Å². The van der Waals surface area contributed by atoms with Crippen LogP contribution in [0.25, 0.3) is 36.5 Å². The number of hydrogen-bond acceptors (Lipinski definition) is 6. The number of ether oxygens (including phenoxy) is 6. The van der Waals surface area contributed by atoms with Crippen molar-refractivity contribution in [1.29, 1.82) is 0 Å². The Balaban J connectivity index is 1.40. The SMILES string of the molecule is COc1cc(/C=C/c2ccc(/C=C/c3ccc(/C=C/c4cc(OC)c(OC)c(OC)c4)cc3)cc2)cc(OC)c1OC. The van der Waals surface area contributed by atoms with Crippen LogP contribution < -0.4 is 28.4 Å². The average molecular weight is 565 g/mol. The molecule has 0 radical (unpaired) electrons. The smallest absolute Gasteiger partial charge is 0.203 e. The van der Waals surface area contributed by atoms with Gasteiger partial charge in [-0.3, -0.25) is 0 Å². The zero-order valence-corrected chi connectivity index (χ0v) is 24.8. The lowest BCUT2D eigenvalue weighted by atomic mass is 10.1. The van der Waals surface area contributed by atoms with Gasteiger partial charge in [-0.1, -0.05) is 85.0 Å². The molecule has 0 spiro atoms. The zero-order valence-electron chi connectivity index (χ0n) is 24.8. The Kier molecular flexibility index (Phi) is 10.3. The van der Waals surface area contributed by atoms with E-state index in [0.29, 0.717) is 34.5 Å². The second kappa shape index (κ2) is 14.5. The van der Waals surface area contributed by atoms with Crippen LogP contribution in [0, 0.1) is 0 Å². The van der Waals surface area contributed by atoms with Crippen molar-refractivity contribution in [2.75, 3.05) is 42.7 Å². The summed E-state index contributed by atoms with van der Waals surface area (Å²) in [6.07, 6.45) is 12.4. The molecule has 4 rings (SSSR count). The van der Waals surface area contributed by atoms with Gasteiger partial charge in [0.2, 0.25) is 11.5 Å². The molecule has 0 aliphatic carbocycles. The first-order valence-corrected chi connectivity index (χ1v) is 13.4. The van der Waals surface area contributed by atoms with Crippen molar-refractivity contribution in [2.24, 2.45) is 0 Å². The van der Waals surface area contributed by atoms with Crippen LogP contribution in [0.2, 0.25) is 0 Å². The summed E-state index contributed by atoms with van der Waals surface area (Å²) in [6.45, 7) is 0. The van der Waals surface area contributed by atoms with E-state index in [9.17, 15) is 0 Å². The van der Waals surface area contributed by atoms with Crippen LogP contribution >= 0.6 is 0 Å². The van der Waals surface area contributed by atoms with Gasteiger partial charge in [-0.05, 0) is 57.6 Å². The summed E-state index contributed by atoms with van der Waals surface area (Å²) in [5.74, 6) is 3.66. The highest BCUT2D eigenvalue weighted by molar-refractivity contribution is 5.76. The van der Waals surface area contributed by atoms with Crippen molar-refractivity contribution < 1.29 is 28.4 Å². The minimum atomic E-state index is 0.579. The Morgan fingerprint density at radius 1 is 0.310 bits per heavy atom. The third-order valence-corrected chi connectivity index (χ3v) is 6.65. The van der Waals surface area contributed by atoms with Crippen LogP contribution in [0.4, 0.5) is 0 Å². The molecule has 0 fully saturated rings. The number of methoxy groups -OCH3 is 6.